The van der Waals surface area contributed by atoms with Crippen LogP contribution in [-0.4, -0.2) is 184 Å². The first-order valence-corrected chi connectivity index (χ1v) is 41.1. The standard InChI is InChI=1S/C88H118N16O10/c1-11-71(99(9)85(111)113-87(3,4)5)79(105)93-77-65(55-89-53-61-31-17-13-18-32-61)43-45-67-47-49-73(103(67)83(77)109)81(107)91-75(63-35-21-15-22-36-63)69-57-101(97-95-69)51-27-25-29-59-39-41-60(42-40-59)30-26-28-52-102-58-70(96-98-102)76(64-37-23-16-24-38-64)92-82(108)74-50-48-68-46-44-66(56-90-54-62-33-19-14-20-34-62)78(84(110)104(68)74)94-80(106)72(12-2)100(10)86(112)114-88(6,7)8/h13-24,31-42,57-58,65-68,71-78,89-90H,11-12,25-30,43-56H2,1-10H3,(H,91,107)(H,92,108)(H,93,105)(H,94,106). The van der Waals surface area contributed by atoms with E-state index in [1.807, 2.05) is 157 Å². The maximum Gasteiger partial charge on any atom is 0.410 e. The first kappa shape index (κ1) is 84.6. The first-order chi connectivity index (χ1) is 54.8. The number of nitrogens with zero attached hydrogens (tertiary/aromatic N) is 10. The van der Waals surface area contributed by atoms with E-state index in [0.29, 0.717) is 102 Å². The summed E-state index contributed by atoms with van der Waals surface area (Å²) in [7, 11) is 3.07. The number of hydrogen-bond acceptors (Lipinski definition) is 16. The van der Waals surface area contributed by atoms with Crippen LogP contribution in [0.5, 0.6) is 0 Å². The van der Waals surface area contributed by atoms with Gasteiger partial charge in [-0.05, 0) is 178 Å². The number of carbonyl (C=O) groups is 8. The Balaban J connectivity index is 0.666. The average molecular weight is 1560 g/mol. The number of likely N-dealkylation sites (N-methyl/N-ethyl adjacent to an activating group) is 2. The summed E-state index contributed by atoms with van der Waals surface area (Å²) >= 11 is 0. The monoisotopic (exact) mass is 1560 g/mol. The third-order valence-corrected chi connectivity index (χ3v) is 22.5. The Morgan fingerprint density at radius 1 is 0.465 bits per heavy atom. The first-order valence-electron chi connectivity index (χ1n) is 41.1. The Bertz CT molecular complexity index is 4030. The number of carbonyl (C=O) groups excluding carboxylic acids is 8. The zero-order valence-corrected chi connectivity index (χ0v) is 68.1. The number of hydrogen-bond donors (Lipinski definition) is 6. The molecule has 114 heavy (non-hydrogen) atoms. The van der Waals surface area contributed by atoms with E-state index in [2.05, 4.69) is 76.8 Å². The molecular weight excluding hydrogens is 1440 g/mol. The molecule has 2 aromatic heterocycles. The van der Waals surface area contributed by atoms with Gasteiger partial charge in [0, 0.05) is 77.3 Å². The normalized spacial score (nSPS) is 20.7. The minimum absolute atomic E-state index is 0.213. The number of ether oxygens (including phenoxy) is 2. The number of unbranched alkanes of at least 4 members (excludes halogenated alkanes) is 2. The summed E-state index contributed by atoms with van der Waals surface area (Å²) < 4.78 is 14.9. The molecule has 4 aliphatic rings. The van der Waals surface area contributed by atoms with Gasteiger partial charge in [-0.25, -0.2) is 9.59 Å². The summed E-state index contributed by atoms with van der Waals surface area (Å²) in [5.74, 6) is -2.81. The third kappa shape index (κ3) is 22.6. The van der Waals surface area contributed by atoms with Crippen LogP contribution in [0.15, 0.2) is 158 Å². The van der Waals surface area contributed by atoms with Gasteiger partial charge in [0.15, 0.2) is 0 Å². The molecule has 11 rings (SSSR count). The van der Waals surface area contributed by atoms with Crippen LogP contribution >= 0.6 is 0 Å². The topological polar surface area (TPSA) is 302 Å². The van der Waals surface area contributed by atoms with Gasteiger partial charge in [0.2, 0.25) is 35.4 Å². The number of nitrogens with one attached hydrogen (secondary N) is 6. The van der Waals surface area contributed by atoms with Crippen molar-refractivity contribution >= 4 is 47.6 Å². The van der Waals surface area contributed by atoms with Crippen LogP contribution in [0.1, 0.15) is 202 Å². The summed E-state index contributed by atoms with van der Waals surface area (Å²) in [5.41, 5.74) is 5.86. The molecule has 0 aliphatic carbocycles. The Morgan fingerprint density at radius 2 is 0.816 bits per heavy atom. The molecule has 26 nitrogen and oxygen atoms in total. The van der Waals surface area contributed by atoms with E-state index < -0.39 is 83.5 Å². The molecule has 0 bridgehead atoms. The van der Waals surface area contributed by atoms with E-state index >= 15 is 9.59 Å². The van der Waals surface area contributed by atoms with E-state index in [0.717, 1.165) is 60.8 Å². The molecule has 5 aromatic carbocycles. The van der Waals surface area contributed by atoms with Crippen molar-refractivity contribution in [2.24, 2.45) is 11.8 Å². The van der Waals surface area contributed by atoms with Crippen LogP contribution in [-0.2, 0) is 77.3 Å². The second-order valence-corrected chi connectivity index (χ2v) is 33.1. The Hall–Kier alpha value is -10.3. The quantitative estimate of drug-likeness (QED) is 0.0204. The molecule has 7 aromatic rings. The smallest absolute Gasteiger partial charge is 0.410 e. The van der Waals surface area contributed by atoms with Crippen molar-refractivity contribution in [1.29, 1.82) is 0 Å². The summed E-state index contributed by atoms with van der Waals surface area (Å²) in [5, 5.41) is 38.2. The fourth-order valence-corrected chi connectivity index (χ4v) is 16.5. The van der Waals surface area contributed by atoms with Crippen LogP contribution in [0.25, 0.3) is 0 Å². The van der Waals surface area contributed by atoms with Crippen molar-refractivity contribution in [2.75, 3.05) is 27.2 Å². The lowest BCUT2D eigenvalue weighted by atomic mass is 9.92. The Morgan fingerprint density at radius 3 is 1.17 bits per heavy atom. The van der Waals surface area contributed by atoms with Gasteiger partial charge in [-0.1, -0.05) is 170 Å². The SMILES string of the molecule is CCC(C(=O)NC1C(=O)N2C(CCC1CNCc1ccccc1)CCC2C(=O)NC(c1ccccc1)c1cn(CCCCc2ccc(CCCCn3cc(C(NC(=O)C4CCC5CCC(CNCc6ccccc6)C(NC(=O)C(CC)N(C)C(=O)OC(C)(C)C)C(=O)N54)c4ccccc4)nn3)cc2)nn1)N(C)C(=O)OC(C)(C)C. The molecule has 0 saturated carbocycles. The molecule has 610 valence electrons. The third-order valence-electron chi connectivity index (χ3n) is 22.5. The maximum absolute atomic E-state index is 15.2. The number of benzene rings is 5. The van der Waals surface area contributed by atoms with Gasteiger partial charge >= 0.3 is 12.2 Å². The Labute approximate surface area is 671 Å². The molecule has 4 aliphatic heterocycles. The average Bonchev–Trinajstić information content (AvgIpc) is 1.63. The van der Waals surface area contributed by atoms with E-state index in [-0.39, 0.29) is 60.4 Å². The van der Waals surface area contributed by atoms with Crippen molar-refractivity contribution in [3.8, 4) is 0 Å². The second-order valence-electron chi connectivity index (χ2n) is 33.1. The molecule has 4 saturated heterocycles. The lowest BCUT2D eigenvalue weighted by Crippen LogP contribution is -2.59. The fraction of sp³-hybridized carbons (Fsp3) is 0.523. The predicted octanol–water partition coefficient (Wildman–Crippen LogP) is 10.7. The van der Waals surface area contributed by atoms with E-state index in [9.17, 15) is 28.8 Å². The fourth-order valence-electron chi connectivity index (χ4n) is 16.5. The van der Waals surface area contributed by atoms with Crippen molar-refractivity contribution in [1.82, 2.24) is 81.5 Å². The minimum atomic E-state index is -0.972. The number of aromatic nitrogens is 6. The van der Waals surface area contributed by atoms with E-state index in [4.69, 9.17) is 9.47 Å². The van der Waals surface area contributed by atoms with Crippen LogP contribution in [0.2, 0.25) is 0 Å². The molecule has 12 unspecified atom stereocenters. The van der Waals surface area contributed by atoms with Crippen molar-refractivity contribution < 1.29 is 47.8 Å². The molecule has 8 amide bonds. The van der Waals surface area contributed by atoms with Gasteiger partial charge in [-0.2, -0.15) is 0 Å². The van der Waals surface area contributed by atoms with Gasteiger partial charge in [0.05, 0.1) is 24.5 Å². The molecule has 26 heteroatoms. The number of aryl methyl sites for hydroxylation is 4. The largest absolute Gasteiger partial charge is 0.444 e. The Kier molecular flexibility index (Phi) is 29.4. The minimum Gasteiger partial charge on any atom is -0.444 e. The predicted molar refractivity (Wildman–Crippen MR) is 434 cm³/mol. The van der Waals surface area contributed by atoms with Crippen LogP contribution < -0.4 is 31.9 Å². The van der Waals surface area contributed by atoms with Gasteiger partial charge in [-0.3, -0.25) is 47.9 Å². The highest BCUT2D eigenvalue weighted by atomic mass is 16.6. The molecule has 12 atom stereocenters. The zero-order chi connectivity index (χ0) is 81.1. The van der Waals surface area contributed by atoms with Crippen molar-refractivity contribution in [3.05, 3.63) is 203 Å². The van der Waals surface area contributed by atoms with Crippen LogP contribution in [0.3, 0.4) is 0 Å². The maximum atomic E-state index is 15.2. The van der Waals surface area contributed by atoms with E-state index in [1.165, 1.54) is 35.0 Å². The second kappa shape index (κ2) is 39.6. The lowest BCUT2D eigenvalue weighted by Gasteiger charge is -2.34. The van der Waals surface area contributed by atoms with E-state index in [1.54, 1.807) is 51.3 Å². The number of fused-ring (bicyclic) bond motifs is 2. The number of amides is 8. The molecule has 0 spiro atoms. The summed E-state index contributed by atoms with van der Waals surface area (Å²) in [6.07, 6.45) is 13.0. The summed E-state index contributed by atoms with van der Waals surface area (Å²) in [6, 6.07) is 40.9. The highest BCUT2D eigenvalue weighted by Gasteiger charge is 2.51. The highest BCUT2D eigenvalue weighted by Crippen LogP contribution is 2.38. The highest BCUT2D eigenvalue weighted by molar-refractivity contribution is 5.96. The summed E-state index contributed by atoms with van der Waals surface area (Å²) in [6.45, 7) is 17.5. The van der Waals surface area contributed by atoms with Crippen LogP contribution in [0, 0.1) is 11.8 Å². The molecule has 4 fully saturated rings. The van der Waals surface area contributed by atoms with Crippen molar-refractivity contribution in [3.63, 3.8) is 0 Å². The molecule has 0 radical (unpaired) electrons. The number of rotatable bonds is 34. The van der Waals surface area contributed by atoms with Crippen LogP contribution in [0.4, 0.5) is 9.59 Å². The lowest BCUT2D eigenvalue weighted by molar-refractivity contribution is -0.144. The van der Waals surface area contributed by atoms with Gasteiger partial charge in [0.25, 0.3) is 0 Å². The van der Waals surface area contributed by atoms with Gasteiger partial charge < -0.3 is 51.2 Å². The zero-order valence-electron chi connectivity index (χ0n) is 68.1. The molecule has 6 heterocycles. The molecule has 6 N–H and O–H groups in total. The van der Waals surface area contributed by atoms with Gasteiger partial charge in [-0.15, -0.1) is 10.2 Å². The van der Waals surface area contributed by atoms with Gasteiger partial charge in [0.1, 0.15) is 58.8 Å². The molecular formula is C88H118N16O10. The van der Waals surface area contributed by atoms with Crippen molar-refractivity contribution in [2.45, 2.75) is 256 Å². The summed E-state index contributed by atoms with van der Waals surface area (Å²) in [4.78, 5) is 122.